The third-order valence-corrected chi connectivity index (χ3v) is 26.3. The molecule has 7 saturated heterocycles. The van der Waals surface area contributed by atoms with Gasteiger partial charge in [0.25, 0.3) is 0 Å². The van der Waals surface area contributed by atoms with Crippen LogP contribution >= 0.6 is 0 Å². The lowest BCUT2D eigenvalue weighted by Gasteiger charge is -2.73. The van der Waals surface area contributed by atoms with Crippen molar-refractivity contribution in [3.8, 4) is 0 Å². The molecule has 42 atom stereocenters. The Bertz CT molecular complexity index is 3000. The Labute approximate surface area is 599 Å². The minimum atomic E-state index is -2.14. The van der Waals surface area contributed by atoms with E-state index in [4.69, 9.17) is 66.3 Å². The van der Waals surface area contributed by atoms with Crippen molar-refractivity contribution in [2.75, 3.05) is 46.2 Å². The van der Waals surface area contributed by atoms with Crippen LogP contribution in [-0.2, 0) is 71.1 Å². The molecule has 104 heavy (non-hydrogen) atoms. The van der Waals surface area contributed by atoms with Gasteiger partial charge in [0.15, 0.2) is 43.8 Å². The minimum Gasteiger partial charge on any atom is -0.432 e. The molecule has 11 fully saturated rings. The van der Waals surface area contributed by atoms with Crippen LogP contribution in [0.3, 0.4) is 0 Å². The number of aliphatic hydroxyl groups excluding tert-OH is 20. The summed E-state index contributed by atoms with van der Waals surface area (Å²) in [5, 5.41) is 236. The Balaban J connectivity index is 0.752. The van der Waals surface area contributed by atoms with E-state index in [2.05, 4.69) is 6.08 Å². The minimum absolute atomic E-state index is 0.0505. The zero-order valence-corrected chi connectivity index (χ0v) is 59.3. The van der Waals surface area contributed by atoms with Crippen molar-refractivity contribution in [2.24, 2.45) is 50.2 Å². The van der Waals surface area contributed by atoms with Gasteiger partial charge in [0.1, 0.15) is 127 Å². The molecule has 12 rings (SSSR count). The first kappa shape index (κ1) is 81.3. The molecular formula is C68H110O36. The van der Waals surface area contributed by atoms with Gasteiger partial charge in [0, 0.05) is 11.3 Å². The van der Waals surface area contributed by atoms with Gasteiger partial charge in [-0.2, -0.15) is 0 Å². The quantitative estimate of drug-likeness (QED) is 0.0365. The number of allylic oxidation sites excluding steroid dienone is 2. The van der Waals surface area contributed by atoms with Gasteiger partial charge in [0.05, 0.1) is 82.9 Å². The van der Waals surface area contributed by atoms with Gasteiger partial charge in [0.2, 0.25) is 6.29 Å². The third kappa shape index (κ3) is 13.6. The molecule has 0 bridgehead atoms. The largest absolute Gasteiger partial charge is 0.432 e. The molecule has 0 unspecified atom stereocenters. The molecule has 36 heteroatoms. The molecule has 36 nitrogen and oxygen atoms in total. The van der Waals surface area contributed by atoms with E-state index in [0.29, 0.717) is 19.3 Å². The van der Waals surface area contributed by atoms with Crippen LogP contribution in [0, 0.1) is 50.2 Å². The summed E-state index contributed by atoms with van der Waals surface area (Å²) in [6.45, 7) is 9.78. The van der Waals surface area contributed by atoms with Crippen molar-refractivity contribution < 1.29 is 178 Å². The number of fused-ring (bicyclic) bond motifs is 7. The number of carbonyl (C=O) groups excluding carboxylic acids is 1. The van der Waals surface area contributed by atoms with Crippen LogP contribution in [0.1, 0.15) is 100 Å². The van der Waals surface area contributed by atoms with E-state index >= 15 is 4.79 Å². The molecule has 0 aromatic heterocycles. The second-order valence-electron chi connectivity index (χ2n) is 33.3. The van der Waals surface area contributed by atoms with E-state index in [9.17, 15) is 107 Å². The van der Waals surface area contributed by atoms with Crippen LogP contribution < -0.4 is 0 Å². The number of esters is 1. The molecule has 0 spiro atoms. The maximum atomic E-state index is 15.7. The van der Waals surface area contributed by atoms with E-state index in [0.717, 1.165) is 5.57 Å². The van der Waals surface area contributed by atoms with Gasteiger partial charge in [-0.05, 0) is 92.3 Å². The van der Waals surface area contributed by atoms with E-state index in [1.54, 1.807) is 6.92 Å². The summed E-state index contributed by atoms with van der Waals surface area (Å²) in [6.07, 6.45) is -52.5. The van der Waals surface area contributed by atoms with Crippen molar-refractivity contribution in [3.05, 3.63) is 11.6 Å². The van der Waals surface area contributed by atoms with Gasteiger partial charge in [-0.1, -0.05) is 53.2 Å². The Morgan fingerprint density at radius 2 is 1.08 bits per heavy atom. The molecule has 7 heterocycles. The zero-order chi connectivity index (χ0) is 75.9. The number of hydrogen-bond acceptors (Lipinski definition) is 36. The molecule has 12 aliphatic rings. The second kappa shape index (κ2) is 30.1. The van der Waals surface area contributed by atoms with Crippen molar-refractivity contribution in [2.45, 2.75) is 309 Å². The lowest BCUT2D eigenvalue weighted by molar-refractivity contribution is -0.386. The van der Waals surface area contributed by atoms with Crippen LogP contribution in [0.5, 0.6) is 0 Å². The average Bonchev–Trinajstić information content (AvgIpc) is 0.732. The predicted molar refractivity (Wildman–Crippen MR) is 339 cm³/mol. The maximum Gasteiger partial charge on any atom is 0.317 e. The summed E-state index contributed by atoms with van der Waals surface area (Å²) in [4.78, 5) is 15.7. The SMILES string of the molecule is C[C@@H]1O[C@@H](O[C@@H]2[C@@H](O)[C@H](O[C@@H]3[C@@H](O)[C@@H](O)[C@H](O[C@H]4[C@H](OC(=O)[C@]56CCC(C)(C)C[C@H]5C5=CC[C@@H]7[C@@]8(C)C[C@H](O)[C@H](O[C@@H]9O[C@H](CO)[C@@H](O)[C@H](O[C@@H]%10OC[C@](O)(CO)[C@H]%10O)[C@H]9O)[C@@](C)(CO)[C@@H]8[C@H](O)C[C@@]7(C)[C@]5(C)C[C@H]6O)OC[C@@H](O)[C@@H]4O)O[C@H]3C)OC[C@H]2O[C@@H]2OC[C@@H](O)[C@H](O)[C@H]2O)[C@H](O)[C@H](O)[C@H]1O. The van der Waals surface area contributed by atoms with Crippen molar-refractivity contribution >= 4 is 5.97 Å². The zero-order valence-electron chi connectivity index (χ0n) is 59.3. The van der Waals surface area contributed by atoms with E-state index in [1.165, 1.54) is 13.8 Å². The predicted octanol–water partition coefficient (Wildman–Crippen LogP) is -8.06. The van der Waals surface area contributed by atoms with E-state index < -0.39 is 311 Å². The number of hydrogen-bond donors (Lipinski definition) is 21. The Kier molecular flexibility index (Phi) is 23.5. The molecule has 0 aromatic rings. The number of carbonyl (C=O) groups is 1. The van der Waals surface area contributed by atoms with E-state index in [-0.39, 0.29) is 25.7 Å². The number of rotatable bonds is 17. The average molecular weight is 1500 g/mol. The first-order valence-electron chi connectivity index (χ1n) is 36.1. The highest BCUT2D eigenvalue weighted by atomic mass is 16.8. The van der Waals surface area contributed by atoms with Crippen molar-refractivity contribution in [1.82, 2.24) is 0 Å². The fourth-order valence-electron chi connectivity index (χ4n) is 20.2. The monoisotopic (exact) mass is 1500 g/mol. The van der Waals surface area contributed by atoms with Crippen LogP contribution in [0.25, 0.3) is 0 Å². The van der Waals surface area contributed by atoms with Crippen LogP contribution in [-0.4, -0.2) is 368 Å². The summed E-state index contributed by atoms with van der Waals surface area (Å²) in [5.74, 6) is -2.94. The van der Waals surface area contributed by atoms with Crippen LogP contribution in [0.15, 0.2) is 11.6 Å². The first-order chi connectivity index (χ1) is 48.7. The molecular weight excluding hydrogens is 1390 g/mol. The topological polar surface area (TPSA) is 571 Å². The molecule has 0 amide bonds. The fraction of sp³-hybridized carbons (Fsp3) is 0.956. The summed E-state index contributed by atoms with van der Waals surface area (Å²) in [6, 6.07) is 0. The Morgan fingerprint density at radius 1 is 0.500 bits per heavy atom. The van der Waals surface area contributed by atoms with Gasteiger partial charge in [-0.25, -0.2) is 0 Å². The highest BCUT2D eigenvalue weighted by molar-refractivity contribution is 5.80. The van der Waals surface area contributed by atoms with Gasteiger partial charge in [-0.15, -0.1) is 0 Å². The highest BCUT2D eigenvalue weighted by Crippen LogP contribution is 2.76. The summed E-state index contributed by atoms with van der Waals surface area (Å²) in [5.41, 5.74) is -7.94. The standard InChI is InChI=1S/C68H110O36/c1-24-36(77)40(81)43(84)56(95-24)100-48-33(98-54-42(83)37(78)30(74)18-91-54)20-93-55(45(48)86)99-47-25(2)96-57(44(85)41(47)82)102-50-38(79)31(75)19-92-59(50)104-61(89)68-12-11-62(3,4)13-27(68)26-9-10-34-63(5)14-29(73)53(64(6,21-70)51(63)28(72)15-66(34,8)65(26,7)16-35(68)76)103-58-46(87)49(39(80)32(17-69)97-58)101-60-52(88)67(90,22-71)23-94-60/h9,24-25,27-60,69-88,90H,10-23H2,1-8H3/t24-,25-,27-,28+,29-,30+,31+,32+,33+,34+,35+,36-,37-,38-,39+,40+,41-,42+,43+,44+,45+,46+,47-,48-,49-,50+,51+,52-,53-,54-,55-,56-,57-,58-,59-,60-,63+,64-,65+,66+,67+,68+/m0/s1. The van der Waals surface area contributed by atoms with Crippen molar-refractivity contribution in [3.63, 3.8) is 0 Å². The molecule has 21 N–H and O–H groups in total. The van der Waals surface area contributed by atoms with Crippen LogP contribution in [0.2, 0.25) is 0 Å². The fourth-order valence-corrected chi connectivity index (χ4v) is 20.2. The lowest BCUT2D eigenvalue weighted by Crippen LogP contribution is -2.73. The molecule has 598 valence electrons. The molecule has 4 saturated carbocycles. The molecule has 5 aliphatic carbocycles. The third-order valence-electron chi connectivity index (χ3n) is 26.3. The summed E-state index contributed by atoms with van der Waals surface area (Å²) >= 11 is 0. The molecule has 7 aliphatic heterocycles. The smallest absolute Gasteiger partial charge is 0.317 e. The maximum absolute atomic E-state index is 15.7. The Hall–Kier alpha value is -2.15. The normalized spacial score (nSPS) is 56.2. The number of ether oxygens (including phenoxy) is 14. The number of aliphatic hydroxyl groups is 21. The van der Waals surface area contributed by atoms with E-state index in [1.807, 2.05) is 34.6 Å². The van der Waals surface area contributed by atoms with Crippen molar-refractivity contribution in [1.29, 1.82) is 0 Å². The highest BCUT2D eigenvalue weighted by Gasteiger charge is 2.75. The van der Waals surface area contributed by atoms with Gasteiger partial charge in [-0.3, -0.25) is 4.79 Å². The van der Waals surface area contributed by atoms with Gasteiger partial charge >= 0.3 is 5.97 Å². The lowest BCUT2D eigenvalue weighted by atomic mass is 9.32. The van der Waals surface area contributed by atoms with Crippen LogP contribution in [0.4, 0.5) is 0 Å². The molecule has 0 aromatic carbocycles. The Morgan fingerprint density at radius 3 is 1.73 bits per heavy atom. The van der Waals surface area contributed by atoms with Gasteiger partial charge < -0.3 is 174 Å². The summed E-state index contributed by atoms with van der Waals surface area (Å²) in [7, 11) is 0. The first-order valence-corrected chi connectivity index (χ1v) is 36.1. The second-order valence-corrected chi connectivity index (χ2v) is 33.3. The molecule has 0 radical (unpaired) electrons. The summed E-state index contributed by atoms with van der Waals surface area (Å²) < 4.78 is 82.9.